The number of nitrogens with one attached hydrogen (secondary N) is 1. The molecule has 0 heterocycles. The van der Waals surface area contributed by atoms with Crippen LogP contribution in [0, 0.1) is 0 Å². The van der Waals surface area contributed by atoms with Crippen molar-refractivity contribution in [3.63, 3.8) is 0 Å². The first-order valence-corrected chi connectivity index (χ1v) is 8.24. The summed E-state index contributed by atoms with van der Waals surface area (Å²) in [5.41, 5.74) is -1.13. The summed E-state index contributed by atoms with van der Waals surface area (Å²) in [6.07, 6.45) is -5.27. The lowest BCUT2D eigenvalue weighted by Gasteiger charge is -2.29. The molecule has 2 unspecified atom stereocenters. The van der Waals surface area contributed by atoms with Gasteiger partial charge in [0.25, 0.3) is 5.91 Å². The number of amides is 2. The van der Waals surface area contributed by atoms with Crippen molar-refractivity contribution in [2.75, 3.05) is 14.2 Å². The van der Waals surface area contributed by atoms with E-state index in [1.165, 1.54) is 26.3 Å². The number of halogens is 3. The second-order valence-electron chi connectivity index (χ2n) is 7.05. The molecule has 0 aliphatic heterocycles. The van der Waals surface area contributed by atoms with E-state index in [1.807, 2.05) is 0 Å². The second-order valence-corrected chi connectivity index (χ2v) is 7.05. The van der Waals surface area contributed by atoms with Crippen molar-refractivity contribution in [2.24, 2.45) is 0 Å². The van der Waals surface area contributed by atoms with Gasteiger partial charge in [0, 0.05) is 13.0 Å². The van der Waals surface area contributed by atoms with Crippen LogP contribution in [0.2, 0.25) is 0 Å². The zero-order valence-corrected chi connectivity index (χ0v) is 16.2. The molecule has 2 amide bonds. The Balaban J connectivity index is 3.10. The second kappa shape index (κ2) is 8.60. The summed E-state index contributed by atoms with van der Waals surface area (Å²) < 4.78 is 43.4. The topological polar surface area (TPSA) is 67.9 Å². The molecule has 0 aliphatic rings. The van der Waals surface area contributed by atoms with Crippen molar-refractivity contribution in [3.05, 3.63) is 35.4 Å². The first kappa shape index (κ1) is 22.8. The van der Waals surface area contributed by atoms with Gasteiger partial charge in [0.1, 0.15) is 11.6 Å². The van der Waals surface area contributed by atoms with Crippen LogP contribution in [0.5, 0.6) is 0 Å². The number of ether oxygens (including phenoxy) is 1. The molecule has 0 fully saturated rings. The Morgan fingerprint density at radius 2 is 1.63 bits per heavy atom. The van der Waals surface area contributed by atoms with E-state index in [1.54, 1.807) is 27.7 Å². The number of hydroxylamine groups is 2. The average molecular weight is 390 g/mol. The first-order valence-electron chi connectivity index (χ1n) is 8.24. The summed E-state index contributed by atoms with van der Waals surface area (Å²) in [5.74, 6) is -1.21. The van der Waals surface area contributed by atoms with E-state index >= 15 is 0 Å². The van der Waals surface area contributed by atoms with Crippen LogP contribution in [0.25, 0.3) is 0 Å². The minimum Gasteiger partial charge on any atom is -0.444 e. The monoisotopic (exact) mass is 390 g/mol. The van der Waals surface area contributed by atoms with E-state index in [2.05, 4.69) is 5.32 Å². The van der Waals surface area contributed by atoms with Crippen LogP contribution < -0.4 is 5.32 Å². The van der Waals surface area contributed by atoms with Gasteiger partial charge in [-0.2, -0.15) is 13.2 Å². The molecular formula is C18H25F3N2O4. The smallest absolute Gasteiger partial charge is 0.416 e. The number of likely N-dealkylation sites (N-methyl/N-ethyl adjacent to an activating group) is 1. The summed E-state index contributed by atoms with van der Waals surface area (Å²) in [6, 6.07) is 3.32. The summed E-state index contributed by atoms with van der Waals surface area (Å²) in [5, 5.41) is 3.41. The van der Waals surface area contributed by atoms with Crippen molar-refractivity contribution in [2.45, 2.75) is 51.4 Å². The van der Waals surface area contributed by atoms with Gasteiger partial charge in [-0.1, -0.05) is 19.1 Å². The fourth-order valence-corrected chi connectivity index (χ4v) is 2.29. The maximum absolute atomic E-state index is 12.7. The number of alkyl carbamates (subject to hydrolysis) is 1. The van der Waals surface area contributed by atoms with Gasteiger partial charge in [-0.3, -0.25) is 9.63 Å². The molecule has 0 aromatic heterocycles. The van der Waals surface area contributed by atoms with Gasteiger partial charge in [-0.25, -0.2) is 9.86 Å². The predicted octanol–water partition coefficient (Wildman–Crippen LogP) is 3.72. The van der Waals surface area contributed by atoms with Crippen LogP contribution in [0.3, 0.4) is 0 Å². The van der Waals surface area contributed by atoms with Crippen molar-refractivity contribution in [1.82, 2.24) is 10.4 Å². The Morgan fingerprint density at radius 3 is 2.04 bits per heavy atom. The molecular weight excluding hydrogens is 365 g/mol. The highest BCUT2D eigenvalue weighted by Crippen LogP contribution is 2.31. The number of carbonyl (C=O) groups excluding carboxylic acids is 2. The van der Waals surface area contributed by atoms with Crippen molar-refractivity contribution in [1.29, 1.82) is 0 Å². The lowest BCUT2D eigenvalue weighted by atomic mass is 9.92. The summed E-state index contributed by atoms with van der Waals surface area (Å²) >= 11 is 0. The Kier molecular flexibility index (Phi) is 7.25. The average Bonchev–Trinajstić information content (AvgIpc) is 2.55. The summed E-state index contributed by atoms with van der Waals surface area (Å²) in [4.78, 5) is 29.5. The van der Waals surface area contributed by atoms with Crippen LogP contribution in [0.4, 0.5) is 18.0 Å². The van der Waals surface area contributed by atoms with E-state index in [-0.39, 0.29) is 0 Å². The number of benzene rings is 1. The number of hydrogen-bond acceptors (Lipinski definition) is 4. The van der Waals surface area contributed by atoms with Crippen LogP contribution in [0.1, 0.15) is 44.7 Å². The van der Waals surface area contributed by atoms with E-state index in [4.69, 9.17) is 9.57 Å². The molecule has 0 radical (unpaired) electrons. The molecule has 9 heteroatoms. The number of nitrogens with zero attached hydrogens (tertiary/aromatic N) is 1. The maximum atomic E-state index is 12.7. The SMILES string of the molecule is CON(C)C(=O)C(NC(=O)OC(C)(C)C)C(C)c1ccc(C(F)(F)F)cc1. The Morgan fingerprint density at radius 1 is 1.11 bits per heavy atom. The van der Waals surface area contributed by atoms with Gasteiger partial charge in [-0.05, 0) is 38.5 Å². The van der Waals surface area contributed by atoms with Gasteiger partial charge in [0.05, 0.1) is 12.7 Å². The van der Waals surface area contributed by atoms with E-state index in [9.17, 15) is 22.8 Å². The third-order valence-corrected chi connectivity index (χ3v) is 3.79. The number of carbonyl (C=O) groups is 2. The van der Waals surface area contributed by atoms with Crippen LogP contribution in [0.15, 0.2) is 24.3 Å². The summed E-state index contributed by atoms with van der Waals surface area (Å²) in [7, 11) is 2.65. The first-order chi connectivity index (χ1) is 12.3. The molecule has 152 valence electrons. The highest BCUT2D eigenvalue weighted by molar-refractivity contribution is 5.86. The molecule has 1 aromatic carbocycles. The molecule has 27 heavy (non-hydrogen) atoms. The maximum Gasteiger partial charge on any atom is 0.416 e. The number of rotatable bonds is 5. The van der Waals surface area contributed by atoms with E-state index in [0.29, 0.717) is 5.56 Å². The lowest BCUT2D eigenvalue weighted by molar-refractivity contribution is -0.171. The molecule has 0 aliphatic carbocycles. The largest absolute Gasteiger partial charge is 0.444 e. The zero-order chi connectivity index (χ0) is 21.0. The standard InChI is InChI=1S/C18H25F3N2O4/c1-11(12-7-9-13(10-8-12)18(19,20)21)14(15(24)23(5)26-6)22-16(25)27-17(2,3)4/h7-11,14H,1-6H3,(H,22,25). The van der Waals surface area contributed by atoms with Crippen LogP contribution in [-0.2, 0) is 20.5 Å². The fraction of sp³-hybridized carbons (Fsp3) is 0.556. The van der Waals surface area contributed by atoms with Gasteiger partial charge in [0.15, 0.2) is 0 Å². The number of alkyl halides is 3. The third-order valence-electron chi connectivity index (χ3n) is 3.79. The minimum atomic E-state index is -4.46. The lowest BCUT2D eigenvalue weighted by Crippen LogP contribution is -2.50. The summed E-state index contributed by atoms with van der Waals surface area (Å²) in [6.45, 7) is 6.63. The molecule has 0 bridgehead atoms. The van der Waals surface area contributed by atoms with E-state index < -0.39 is 41.3 Å². The third kappa shape index (κ3) is 6.74. The molecule has 0 saturated heterocycles. The highest BCUT2D eigenvalue weighted by Gasteiger charge is 2.34. The molecule has 1 aromatic rings. The quantitative estimate of drug-likeness (QED) is 0.778. The Hall–Kier alpha value is -2.29. The molecule has 0 spiro atoms. The van der Waals surface area contributed by atoms with Crippen molar-refractivity contribution >= 4 is 12.0 Å². The van der Waals surface area contributed by atoms with Crippen LogP contribution >= 0.6 is 0 Å². The Bertz CT molecular complexity index is 654. The van der Waals surface area contributed by atoms with Gasteiger partial charge in [-0.15, -0.1) is 0 Å². The highest BCUT2D eigenvalue weighted by atomic mass is 19.4. The molecule has 2 atom stereocenters. The van der Waals surface area contributed by atoms with Gasteiger partial charge < -0.3 is 10.1 Å². The normalized spacial score (nSPS) is 14.3. The fourth-order valence-electron chi connectivity index (χ4n) is 2.29. The van der Waals surface area contributed by atoms with Gasteiger partial charge >= 0.3 is 12.3 Å². The predicted molar refractivity (Wildman–Crippen MR) is 92.8 cm³/mol. The molecule has 1 N–H and O–H groups in total. The Labute approximate surface area is 156 Å². The minimum absolute atomic E-state index is 0.446. The molecule has 6 nitrogen and oxygen atoms in total. The van der Waals surface area contributed by atoms with Crippen molar-refractivity contribution in [3.8, 4) is 0 Å². The molecule has 1 rings (SSSR count). The molecule has 0 saturated carbocycles. The van der Waals surface area contributed by atoms with Crippen molar-refractivity contribution < 1.29 is 32.3 Å². The van der Waals surface area contributed by atoms with Crippen LogP contribution in [-0.4, -0.2) is 42.9 Å². The van der Waals surface area contributed by atoms with E-state index in [0.717, 1.165) is 17.2 Å². The number of hydrogen-bond donors (Lipinski definition) is 1. The van der Waals surface area contributed by atoms with Gasteiger partial charge in [0.2, 0.25) is 0 Å². The zero-order valence-electron chi connectivity index (χ0n) is 16.2.